The summed E-state index contributed by atoms with van der Waals surface area (Å²) in [7, 11) is -1.44. The van der Waals surface area contributed by atoms with Crippen LogP contribution in [0.15, 0.2) is 35.2 Å². The predicted molar refractivity (Wildman–Crippen MR) is 56.8 cm³/mol. The highest BCUT2D eigenvalue weighted by Crippen LogP contribution is 2.50. The van der Waals surface area contributed by atoms with E-state index < -0.39 is 21.3 Å². The van der Waals surface area contributed by atoms with Crippen LogP contribution in [-0.2, 0) is 20.3 Å². The first-order valence-corrected chi connectivity index (χ1v) is 5.82. The molecule has 2 atom stereocenters. The molecule has 1 aliphatic rings. The van der Waals surface area contributed by atoms with E-state index in [0.29, 0.717) is 11.2 Å². The molecule has 1 heterocycles. The van der Waals surface area contributed by atoms with Crippen LogP contribution in [0.25, 0.3) is 0 Å². The van der Waals surface area contributed by atoms with E-state index in [9.17, 15) is 9.00 Å². The molecule has 1 aromatic carbocycles. The Balaban J connectivity index is 2.34. The van der Waals surface area contributed by atoms with Gasteiger partial charge < -0.3 is 4.74 Å². The lowest BCUT2D eigenvalue weighted by Crippen LogP contribution is -2.28. The minimum absolute atomic E-state index is 0.621. The van der Waals surface area contributed by atoms with E-state index in [0.717, 1.165) is 0 Å². The molecule has 0 saturated carbocycles. The van der Waals surface area contributed by atoms with Crippen molar-refractivity contribution in [2.75, 3.05) is 0 Å². The van der Waals surface area contributed by atoms with Gasteiger partial charge in [0.15, 0.2) is 6.29 Å². The molecule has 0 spiro atoms. The third-order valence-electron chi connectivity index (χ3n) is 2.59. The largest absolute Gasteiger partial charge is 0.342 e. The van der Waals surface area contributed by atoms with Crippen LogP contribution in [-0.4, -0.2) is 21.0 Å². The van der Waals surface area contributed by atoms with Gasteiger partial charge in [-0.15, -0.1) is 0 Å². The number of carbonyl (C=O) groups excluding carboxylic acids is 1. The number of rotatable bonds is 3. The zero-order valence-electron chi connectivity index (χ0n) is 8.60. The standard InChI is InChI=1S/C11H12O3S/c1-10(2)11(8-12,14-10)15(13)9-6-4-3-5-7-9/h3-8H,1-2H3. The number of aldehydes is 1. The lowest BCUT2D eigenvalue weighted by atomic mass is 10.1. The summed E-state index contributed by atoms with van der Waals surface area (Å²) < 4.78 is 17.4. The average molecular weight is 224 g/mol. The third kappa shape index (κ3) is 1.44. The monoisotopic (exact) mass is 224 g/mol. The van der Waals surface area contributed by atoms with Gasteiger partial charge in [0.1, 0.15) is 5.60 Å². The number of carbonyl (C=O) groups is 1. The fourth-order valence-electron chi connectivity index (χ4n) is 1.54. The molecular formula is C11H12O3S. The predicted octanol–water partition coefficient (Wildman–Crippen LogP) is 1.50. The maximum absolute atomic E-state index is 12.1. The third-order valence-corrected chi connectivity index (χ3v) is 4.51. The molecule has 0 N–H and O–H groups in total. The van der Waals surface area contributed by atoms with Gasteiger partial charge in [-0.2, -0.15) is 0 Å². The zero-order chi connectivity index (χ0) is 11.1. The Labute approximate surface area is 90.9 Å². The first-order valence-electron chi connectivity index (χ1n) is 4.67. The molecule has 1 aliphatic heterocycles. The van der Waals surface area contributed by atoms with Crippen LogP contribution in [0.4, 0.5) is 0 Å². The number of hydrogen-bond donors (Lipinski definition) is 0. The van der Waals surface area contributed by atoms with Crippen LogP contribution in [0.5, 0.6) is 0 Å². The van der Waals surface area contributed by atoms with Crippen molar-refractivity contribution in [3.8, 4) is 0 Å². The van der Waals surface area contributed by atoms with Crippen molar-refractivity contribution in [1.82, 2.24) is 0 Å². The summed E-state index contributed by atoms with van der Waals surface area (Å²) in [4.78, 5) is 10.5. The van der Waals surface area contributed by atoms with Gasteiger partial charge in [-0.3, -0.25) is 9.00 Å². The molecule has 1 aromatic rings. The number of ether oxygens (including phenoxy) is 1. The summed E-state index contributed by atoms with van der Waals surface area (Å²) in [5.41, 5.74) is -0.630. The van der Waals surface area contributed by atoms with E-state index in [4.69, 9.17) is 4.74 Å². The summed E-state index contributed by atoms with van der Waals surface area (Å²) in [6, 6.07) is 8.90. The maximum atomic E-state index is 12.1. The fraction of sp³-hybridized carbons (Fsp3) is 0.364. The van der Waals surface area contributed by atoms with Crippen molar-refractivity contribution in [1.29, 1.82) is 0 Å². The van der Waals surface area contributed by atoms with E-state index >= 15 is 0 Å². The Morgan fingerprint density at radius 2 is 1.80 bits per heavy atom. The van der Waals surface area contributed by atoms with Crippen LogP contribution >= 0.6 is 0 Å². The molecule has 0 amide bonds. The molecule has 15 heavy (non-hydrogen) atoms. The molecule has 1 saturated heterocycles. The number of benzene rings is 1. The first kappa shape index (κ1) is 10.5. The molecule has 2 rings (SSSR count). The summed E-state index contributed by atoms with van der Waals surface area (Å²) in [6.45, 7) is 3.53. The van der Waals surface area contributed by atoms with Gasteiger partial charge in [-0.1, -0.05) is 18.2 Å². The Kier molecular flexibility index (Phi) is 2.28. The minimum atomic E-state index is -1.44. The molecule has 2 unspecified atom stereocenters. The fourth-order valence-corrected chi connectivity index (χ4v) is 3.12. The molecule has 0 radical (unpaired) electrons. The second-order valence-electron chi connectivity index (χ2n) is 3.98. The first-order chi connectivity index (χ1) is 7.03. The lowest BCUT2D eigenvalue weighted by molar-refractivity contribution is -0.109. The van der Waals surface area contributed by atoms with E-state index in [1.165, 1.54) is 0 Å². The Morgan fingerprint density at radius 1 is 1.27 bits per heavy atom. The average Bonchev–Trinajstić information content (AvgIpc) is 2.82. The minimum Gasteiger partial charge on any atom is -0.342 e. The molecule has 80 valence electrons. The second-order valence-corrected chi connectivity index (χ2v) is 5.59. The van der Waals surface area contributed by atoms with E-state index in [1.807, 2.05) is 6.07 Å². The van der Waals surface area contributed by atoms with Gasteiger partial charge in [0.25, 0.3) is 0 Å². The van der Waals surface area contributed by atoms with E-state index in [2.05, 4.69) is 0 Å². The topological polar surface area (TPSA) is 46.7 Å². The lowest BCUT2D eigenvalue weighted by Gasteiger charge is -2.07. The van der Waals surface area contributed by atoms with Crippen molar-refractivity contribution in [2.24, 2.45) is 0 Å². The molecule has 0 aromatic heterocycles. The van der Waals surface area contributed by atoms with Crippen molar-refractivity contribution in [3.63, 3.8) is 0 Å². The van der Waals surface area contributed by atoms with Crippen LogP contribution in [0.3, 0.4) is 0 Å². The number of epoxide rings is 1. The summed E-state index contributed by atoms with van der Waals surface area (Å²) in [6.07, 6.45) is 0.649. The normalized spacial score (nSPS) is 29.5. The van der Waals surface area contributed by atoms with Crippen molar-refractivity contribution < 1.29 is 13.7 Å². The van der Waals surface area contributed by atoms with Crippen molar-refractivity contribution in [3.05, 3.63) is 30.3 Å². The Morgan fingerprint density at radius 3 is 2.20 bits per heavy atom. The number of hydrogen-bond acceptors (Lipinski definition) is 3. The van der Waals surface area contributed by atoms with Crippen LogP contribution < -0.4 is 0 Å². The molecule has 0 aliphatic carbocycles. The Bertz CT molecular complexity index is 413. The highest BCUT2D eigenvalue weighted by Gasteiger charge is 2.69. The smallest absolute Gasteiger partial charge is 0.231 e. The van der Waals surface area contributed by atoms with Gasteiger partial charge >= 0.3 is 0 Å². The van der Waals surface area contributed by atoms with E-state index in [-0.39, 0.29) is 0 Å². The highest BCUT2D eigenvalue weighted by molar-refractivity contribution is 7.87. The molecule has 0 bridgehead atoms. The summed E-state index contributed by atoms with van der Waals surface area (Å²) in [5.74, 6) is 0. The van der Waals surface area contributed by atoms with Crippen LogP contribution in [0.1, 0.15) is 13.8 Å². The highest BCUT2D eigenvalue weighted by atomic mass is 32.2. The molecular weight excluding hydrogens is 212 g/mol. The van der Waals surface area contributed by atoms with Gasteiger partial charge in [0.05, 0.1) is 10.8 Å². The SMILES string of the molecule is CC1(C)OC1(C=O)S(=O)c1ccccc1. The van der Waals surface area contributed by atoms with Crippen molar-refractivity contribution in [2.45, 2.75) is 29.3 Å². The molecule has 1 fully saturated rings. The van der Waals surface area contributed by atoms with Gasteiger partial charge in [0, 0.05) is 4.90 Å². The maximum Gasteiger partial charge on any atom is 0.231 e. The van der Waals surface area contributed by atoms with Crippen molar-refractivity contribution >= 4 is 17.1 Å². The van der Waals surface area contributed by atoms with Gasteiger partial charge in [-0.05, 0) is 26.0 Å². The summed E-state index contributed by atoms with van der Waals surface area (Å²) in [5, 5.41) is 0. The Hall–Kier alpha value is -1.00. The quantitative estimate of drug-likeness (QED) is 0.577. The van der Waals surface area contributed by atoms with Crippen LogP contribution in [0, 0.1) is 0 Å². The van der Waals surface area contributed by atoms with Gasteiger partial charge in [0.2, 0.25) is 4.93 Å². The van der Waals surface area contributed by atoms with E-state index in [1.54, 1.807) is 38.1 Å². The summed E-state index contributed by atoms with van der Waals surface area (Å²) >= 11 is 0. The van der Waals surface area contributed by atoms with Gasteiger partial charge in [-0.25, -0.2) is 0 Å². The molecule has 4 heteroatoms. The molecule has 3 nitrogen and oxygen atoms in total. The second kappa shape index (κ2) is 3.25. The van der Waals surface area contributed by atoms with Crippen LogP contribution in [0.2, 0.25) is 0 Å². The zero-order valence-corrected chi connectivity index (χ0v) is 9.41.